The molecule has 0 aliphatic rings. The van der Waals surface area contributed by atoms with Crippen LogP contribution in [0.5, 0.6) is 5.75 Å². The molecular weight excluding hydrogens is 421 g/mol. The number of carbonyl (C=O) groups excluding carboxylic acids is 1. The smallest absolute Gasteiger partial charge is 0.323 e. The lowest BCUT2D eigenvalue weighted by Gasteiger charge is -2.15. The average molecular weight is 439 g/mol. The zero-order chi connectivity index (χ0) is 19.5. The van der Waals surface area contributed by atoms with Gasteiger partial charge in [0.25, 0.3) is 10.0 Å². The summed E-state index contributed by atoms with van der Waals surface area (Å²) in [5, 5.41) is 17.1. The standard InChI is InChI=1S/C15H17Cl2N3O4S2/c1-3-7-20(2)26(23,24)14-13(21)11(8-25-14)19-15(22)18-10-6-4-5-9(16)12(10)17/h4-6,8,16H,3,7H2,1-2H3,(H2-,18,19,21,22)/p+1. The molecule has 3 N–H and O–H groups in total. The Balaban J connectivity index is 2.17. The van der Waals surface area contributed by atoms with E-state index in [0.717, 1.165) is 15.6 Å². The van der Waals surface area contributed by atoms with Gasteiger partial charge in [0.05, 0.1) is 11.4 Å². The van der Waals surface area contributed by atoms with E-state index < -0.39 is 21.8 Å². The number of hydrogen-bond acceptors (Lipinski definition) is 5. The quantitative estimate of drug-likeness (QED) is 0.642. The van der Waals surface area contributed by atoms with Crippen molar-refractivity contribution in [2.45, 2.75) is 17.6 Å². The third kappa shape index (κ3) is 4.41. The fraction of sp³-hybridized carbons (Fsp3) is 0.267. The first-order chi connectivity index (χ1) is 12.2. The maximum absolute atomic E-state index is 12.4. The number of amides is 2. The summed E-state index contributed by atoms with van der Waals surface area (Å²) in [4.78, 5) is 12.1. The van der Waals surface area contributed by atoms with Crippen molar-refractivity contribution in [3.05, 3.63) is 33.6 Å². The highest BCUT2D eigenvalue weighted by atomic mass is 35.5. The molecule has 0 bridgehead atoms. The van der Waals surface area contributed by atoms with Gasteiger partial charge in [0, 0.05) is 25.0 Å². The molecule has 2 aromatic rings. The number of thiophene rings is 1. The van der Waals surface area contributed by atoms with E-state index in [0.29, 0.717) is 23.7 Å². The summed E-state index contributed by atoms with van der Waals surface area (Å²) in [6.07, 6.45) is 0.637. The Hall–Kier alpha value is -1.52. The van der Waals surface area contributed by atoms with Gasteiger partial charge in [-0.25, -0.2) is 17.5 Å². The van der Waals surface area contributed by atoms with Crippen LogP contribution in [-0.4, -0.2) is 37.5 Å². The molecule has 0 fully saturated rings. The molecule has 0 aliphatic heterocycles. The van der Waals surface area contributed by atoms with Crippen molar-refractivity contribution in [1.29, 1.82) is 0 Å². The Bertz CT molecular complexity index is 916. The van der Waals surface area contributed by atoms with Gasteiger partial charge in [0.1, 0.15) is 5.02 Å². The summed E-state index contributed by atoms with van der Waals surface area (Å²) < 4.78 is 25.8. The van der Waals surface area contributed by atoms with Crippen LogP contribution >= 0.6 is 22.9 Å². The van der Waals surface area contributed by atoms with Crippen molar-refractivity contribution < 1.29 is 29.9 Å². The molecule has 0 unspecified atom stereocenters. The average Bonchev–Trinajstić information content (AvgIpc) is 2.93. The number of benzene rings is 1. The maximum atomic E-state index is 12.4. The summed E-state index contributed by atoms with van der Waals surface area (Å²) in [6.45, 7) is 2.17. The number of halogens is 2. The summed E-state index contributed by atoms with van der Waals surface area (Å²) in [7, 11) is -2.39. The van der Waals surface area contributed by atoms with Gasteiger partial charge in [0.2, 0.25) is 5.02 Å². The summed E-state index contributed by atoms with van der Waals surface area (Å²) >= 11 is 11.9. The number of nitrogens with one attached hydrogen (secondary N) is 2. The van der Waals surface area contributed by atoms with Crippen molar-refractivity contribution in [3.8, 4) is 5.75 Å². The molecule has 0 spiro atoms. The minimum Gasteiger partial charge on any atom is -0.504 e. The maximum Gasteiger partial charge on any atom is 0.323 e. The molecule has 1 aromatic heterocycles. The second kappa shape index (κ2) is 8.45. The fourth-order valence-electron chi connectivity index (χ4n) is 2.07. The predicted molar refractivity (Wildman–Crippen MR) is 101 cm³/mol. The van der Waals surface area contributed by atoms with Gasteiger partial charge in [-0.3, -0.25) is 0 Å². The molecule has 1 aromatic carbocycles. The third-order valence-electron chi connectivity index (χ3n) is 3.38. The highest BCUT2D eigenvalue weighted by Crippen LogP contribution is 2.39. The summed E-state index contributed by atoms with van der Waals surface area (Å²) in [5.41, 5.74) is 0.295. The summed E-state index contributed by atoms with van der Waals surface area (Å²) in [6, 6.07) is 4.14. The van der Waals surface area contributed by atoms with Crippen LogP contribution in [-0.2, 0) is 10.0 Å². The third-order valence-corrected chi connectivity index (χ3v) is 7.58. The molecule has 2 amide bonds. The second-order valence-electron chi connectivity index (χ2n) is 5.31. The molecule has 11 heteroatoms. The first kappa shape index (κ1) is 20.8. The zero-order valence-electron chi connectivity index (χ0n) is 13.9. The van der Waals surface area contributed by atoms with E-state index in [9.17, 15) is 18.3 Å². The van der Waals surface area contributed by atoms with E-state index in [-0.39, 0.29) is 14.9 Å². The number of urea groups is 1. The lowest BCUT2D eigenvalue weighted by atomic mass is 10.3. The van der Waals surface area contributed by atoms with Gasteiger partial charge < -0.3 is 15.7 Å². The van der Waals surface area contributed by atoms with Gasteiger partial charge in [0.15, 0.2) is 21.6 Å². The number of carbonyl (C=O) groups is 1. The van der Waals surface area contributed by atoms with E-state index in [1.807, 2.05) is 6.92 Å². The van der Waals surface area contributed by atoms with Gasteiger partial charge in [-0.05, 0) is 12.5 Å². The van der Waals surface area contributed by atoms with Gasteiger partial charge in [-0.2, -0.15) is 0 Å². The fourth-order valence-corrected chi connectivity index (χ4v) is 5.12. The number of nitrogens with zero attached hydrogens (tertiary/aromatic N) is 1. The lowest BCUT2D eigenvalue weighted by molar-refractivity contribution is -0.288. The normalized spacial score (nSPS) is 11.6. The van der Waals surface area contributed by atoms with Crippen LogP contribution < -0.4 is 10.6 Å². The molecule has 0 radical (unpaired) electrons. The monoisotopic (exact) mass is 438 g/mol. The molecule has 0 atom stereocenters. The topological polar surface area (TPSA) is 98.7 Å². The zero-order valence-corrected chi connectivity index (χ0v) is 17.2. The lowest BCUT2D eigenvalue weighted by Crippen LogP contribution is -2.27. The molecule has 7 nitrogen and oxygen atoms in total. The first-order valence-electron chi connectivity index (χ1n) is 7.48. The number of rotatable bonds is 6. The summed E-state index contributed by atoms with van der Waals surface area (Å²) in [5.74, 6) is -0.503. The van der Waals surface area contributed by atoms with Gasteiger partial charge in [-0.1, -0.05) is 24.6 Å². The van der Waals surface area contributed by atoms with Crippen molar-refractivity contribution in [2.24, 2.45) is 0 Å². The van der Waals surface area contributed by atoms with Crippen LogP contribution in [0.1, 0.15) is 13.3 Å². The van der Waals surface area contributed by atoms with Crippen molar-refractivity contribution >= 4 is 50.4 Å². The minimum atomic E-state index is -3.82. The van der Waals surface area contributed by atoms with Crippen molar-refractivity contribution in [1.82, 2.24) is 4.31 Å². The predicted octanol–water partition coefficient (Wildman–Crippen LogP) is 3.48. The Morgan fingerprint density at radius 1 is 1.35 bits per heavy atom. The second-order valence-corrected chi connectivity index (χ2v) is 9.25. The van der Waals surface area contributed by atoms with Crippen LogP contribution in [0.25, 0.3) is 0 Å². The molecule has 142 valence electrons. The molecule has 26 heavy (non-hydrogen) atoms. The van der Waals surface area contributed by atoms with Crippen LogP contribution in [0, 0.1) is 11.6 Å². The van der Waals surface area contributed by atoms with E-state index in [4.69, 9.17) is 23.2 Å². The van der Waals surface area contributed by atoms with Crippen LogP contribution in [0.2, 0.25) is 10.0 Å². The first-order valence-corrected chi connectivity index (χ1v) is 10.6. The molecule has 0 aliphatic carbocycles. The number of aromatic hydroxyl groups is 1. The van der Waals surface area contributed by atoms with Crippen LogP contribution in [0.3, 0.4) is 0 Å². The van der Waals surface area contributed by atoms with E-state index in [1.54, 1.807) is 18.2 Å². The Morgan fingerprint density at radius 3 is 2.65 bits per heavy atom. The highest BCUT2D eigenvalue weighted by molar-refractivity contribution is 7.91. The van der Waals surface area contributed by atoms with E-state index in [1.165, 1.54) is 12.4 Å². The van der Waals surface area contributed by atoms with Crippen molar-refractivity contribution in [2.75, 3.05) is 24.2 Å². The minimum absolute atomic E-state index is 0.0124. The van der Waals surface area contributed by atoms with Crippen molar-refractivity contribution in [3.63, 3.8) is 0 Å². The Kier molecular flexibility index (Phi) is 6.75. The molecule has 1 heterocycles. The van der Waals surface area contributed by atoms with Gasteiger partial charge >= 0.3 is 6.03 Å². The SMILES string of the molecule is CCCN(C)S(=O)(=O)c1scc(NC(=O)Nc2cccc([ClH+])c2Cl)c1O. The number of hydrogen-bond donors (Lipinski definition) is 3. The van der Waals surface area contributed by atoms with E-state index in [2.05, 4.69) is 10.6 Å². The molecule has 0 saturated carbocycles. The van der Waals surface area contributed by atoms with Crippen LogP contribution in [0.4, 0.5) is 16.2 Å². The Morgan fingerprint density at radius 2 is 2.00 bits per heavy atom. The Labute approximate surface area is 165 Å². The molecular formula is C15H18Cl2N3O4S2+. The number of anilines is 2. The highest BCUT2D eigenvalue weighted by Gasteiger charge is 2.28. The number of sulfonamides is 1. The van der Waals surface area contributed by atoms with Gasteiger partial charge in [-0.15, -0.1) is 11.3 Å². The van der Waals surface area contributed by atoms with E-state index >= 15 is 0 Å². The molecule has 0 saturated heterocycles. The largest absolute Gasteiger partial charge is 0.504 e. The molecule has 2 rings (SSSR count). The van der Waals surface area contributed by atoms with Crippen LogP contribution in [0.15, 0.2) is 27.8 Å².